The smallest absolute Gasteiger partial charge is 0.410 e. The summed E-state index contributed by atoms with van der Waals surface area (Å²) in [6.45, 7) is 17.1. The van der Waals surface area contributed by atoms with Crippen LogP contribution in [-0.4, -0.2) is 104 Å². The second kappa shape index (κ2) is 16.9. The van der Waals surface area contributed by atoms with E-state index in [9.17, 15) is 14.4 Å². The van der Waals surface area contributed by atoms with Gasteiger partial charge < -0.3 is 24.6 Å². The summed E-state index contributed by atoms with van der Waals surface area (Å²) in [5.41, 5.74) is -0.518. The fourth-order valence-corrected chi connectivity index (χ4v) is 4.64. The first-order valence-electron chi connectivity index (χ1n) is 13.8. The molecule has 3 amide bonds. The first kappa shape index (κ1) is 35.1. The van der Waals surface area contributed by atoms with Crippen LogP contribution in [0.3, 0.4) is 0 Å². The molecular formula is C28H56N4O5. The van der Waals surface area contributed by atoms with Gasteiger partial charge in [-0.1, -0.05) is 41.0 Å². The van der Waals surface area contributed by atoms with Gasteiger partial charge in [-0.25, -0.2) is 4.79 Å². The van der Waals surface area contributed by atoms with Crippen LogP contribution in [0.25, 0.3) is 0 Å². The van der Waals surface area contributed by atoms with Crippen LogP contribution in [0.5, 0.6) is 0 Å². The summed E-state index contributed by atoms with van der Waals surface area (Å²) >= 11 is 0. The number of hydrogen-bond donors (Lipinski definition) is 1. The number of methoxy groups -OCH3 is 1. The zero-order valence-corrected chi connectivity index (χ0v) is 25.7. The molecular weight excluding hydrogens is 472 g/mol. The predicted octanol–water partition coefficient (Wildman–Crippen LogP) is 4.00. The lowest BCUT2D eigenvalue weighted by atomic mass is 9.91. The van der Waals surface area contributed by atoms with E-state index >= 15 is 0 Å². The van der Waals surface area contributed by atoms with Crippen molar-refractivity contribution < 1.29 is 23.9 Å². The SMILES string of the molecule is CCC(C)C(C(CC)OC)N(C)C(=O)CNC(=O)C(C(C)C)N(C)CCCCN(C)C(=O)OC(C)(C)C. The maximum atomic E-state index is 13.1. The molecule has 0 radical (unpaired) electrons. The molecule has 0 saturated heterocycles. The molecule has 0 bridgehead atoms. The highest BCUT2D eigenvalue weighted by Crippen LogP contribution is 2.21. The molecule has 0 aliphatic heterocycles. The molecule has 1 N–H and O–H groups in total. The van der Waals surface area contributed by atoms with Crippen LogP contribution in [0.4, 0.5) is 4.79 Å². The van der Waals surface area contributed by atoms with E-state index in [1.54, 1.807) is 31.0 Å². The molecule has 9 nitrogen and oxygen atoms in total. The highest BCUT2D eigenvalue weighted by atomic mass is 16.6. The molecule has 0 spiro atoms. The van der Waals surface area contributed by atoms with Crippen molar-refractivity contribution in [1.82, 2.24) is 20.0 Å². The van der Waals surface area contributed by atoms with Crippen molar-refractivity contribution >= 4 is 17.9 Å². The number of nitrogens with one attached hydrogen (secondary N) is 1. The minimum absolute atomic E-state index is 0.0415. The van der Waals surface area contributed by atoms with Gasteiger partial charge in [0.1, 0.15) is 5.60 Å². The van der Waals surface area contributed by atoms with Gasteiger partial charge in [0.15, 0.2) is 0 Å². The van der Waals surface area contributed by atoms with Crippen LogP contribution in [0.15, 0.2) is 0 Å². The van der Waals surface area contributed by atoms with E-state index in [0.29, 0.717) is 13.1 Å². The quantitative estimate of drug-likeness (QED) is 0.305. The van der Waals surface area contributed by atoms with Gasteiger partial charge in [0.05, 0.1) is 24.7 Å². The number of nitrogens with zero attached hydrogens (tertiary/aromatic N) is 3. The third-order valence-corrected chi connectivity index (χ3v) is 6.90. The minimum Gasteiger partial charge on any atom is -0.444 e. The molecule has 4 unspecified atom stereocenters. The van der Waals surface area contributed by atoms with Crippen molar-refractivity contribution in [2.24, 2.45) is 11.8 Å². The number of carbonyl (C=O) groups is 3. The Morgan fingerprint density at radius 2 is 1.49 bits per heavy atom. The molecule has 0 heterocycles. The second-order valence-corrected chi connectivity index (χ2v) is 11.6. The number of rotatable bonds is 16. The zero-order chi connectivity index (χ0) is 28.9. The molecule has 0 aromatic heterocycles. The van der Waals surface area contributed by atoms with E-state index in [0.717, 1.165) is 25.7 Å². The molecule has 0 aliphatic carbocycles. The summed E-state index contributed by atoms with van der Waals surface area (Å²) in [7, 11) is 7.14. The molecule has 0 saturated carbocycles. The van der Waals surface area contributed by atoms with Gasteiger partial charge in [-0.3, -0.25) is 14.5 Å². The maximum absolute atomic E-state index is 13.1. The van der Waals surface area contributed by atoms with Crippen LogP contribution in [0.1, 0.15) is 81.1 Å². The fourth-order valence-electron chi connectivity index (χ4n) is 4.64. The fraction of sp³-hybridized carbons (Fsp3) is 0.893. The second-order valence-electron chi connectivity index (χ2n) is 11.6. The lowest BCUT2D eigenvalue weighted by Crippen LogP contribution is -2.54. The molecule has 0 aromatic carbocycles. The van der Waals surface area contributed by atoms with Crippen LogP contribution >= 0.6 is 0 Å². The van der Waals surface area contributed by atoms with Crippen LogP contribution in [0.2, 0.25) is 0 Å². The monoisotopic (exact) mass is 528 g/mol. The third-order valence-electron chi connectivity index (χ3n) is 6.90. The van der Waals surface area contributed by atoms with Gasteiger partial charge in [0.25, 0.3) is 0 Å². The average Bonchev–Trinajstić information content (AvgIpc) is 2.81. The Labute approximate surface area is 226 Å². The Bertz CT molecular complexity index is 691. The largest absolute Gasteiger partial charge is 0.444 e. The molecule has 0 aliphatic rings. The number of carbonyl (C=O) groups excluding carboxylic acids is 3. The Hall–Kier alpha value is -1.87. The van der Waals surface area contributed by atoms with Crippen molar-refractivity contribution in [2.75, 3.05) is 47.9 Å². The first-order valence-corrected chi connectivity index (χ1v) is 13.8. The summed E-state index contributed by atoms with van der Waals surface area (Å²) in [6, 6.07) is -0.402. The molecule has 0 aromatic rings. The molecule has 4 atom stereocenters. The Kier molecular flexibility index (Phi) is 16.0. The summed E-state index contributed by atoms with van der Waals surface area (Å²) in [4.78, 5) is 43.6. The number of unbranched alkanes of at least 4 members (excludes halogenated alkanes) is 1. The number of amides is 3. The zero-order valence-electron chi connectivity index (χ0n) is 25.7. The first-order chi connectivity index (χ1) is 17.1. The van der Waals surface area contributed by atoms with Crippen molar-refractivity contribution in [3.05, 3.63) is 0 Å². The van der Waals surface area contributed by atoms with Gasteiger partial charge in [-0.05, 0) is 65.5 Å². The Balaban J connectivity index is 4.92. The van der Waals surface area contributed by atoms with Crippen molar-refractivity contribution in [1.29, 1.82) is 0 Å². The Morgan fingerprint density at radius 3 is 1.95 bits per heavy atom. The molecule has 0 rings (SSSR count). The molecule has 9 heteroatoms. The van der Waals surface area contributed by atoms with E-state index < -0.39 is 5.60 Å². The average molecular weight is 529 g/mol. The van der Waals surface area contributed by atoms with E-state index in [-0.39, 0.29) is 54.5 Å². The third kappa shape index (κ3) is 12.5. The lowest BCUT2D eigenvalue weighted by Gasteiger charge is -2.37. The van der Waals surface area contributed by atoms with Gasteiger partial charge in [-0.2, -0.15) is 0 Å². The predicted molar refractivity (Wildman–Crippen MR) is 149 cm³/mol. The summed E-state index contributed by atoms with van der Waals surface area (Å²) in [6.07, 6.45) is 2.98. The van der Waals surface area contributed by atoms with Gasteiger partial charge in [0.2, 0.25) is 11.8 Å². The van der Waals surface area contributed by atoms with Gasteiger partial charge in [-0.15, -0.1) is 0 Å². The lowest BCUT2D eigenvalue weighted by molar-refractivity contribution is -0.138. The van der Waals surface area contributed by atoms with E-state index in [2.05, 4.69) is 26.1 Å². The highest BCUT2D eigenvalue weighted by molar-refractivity contribution is 5.87. The van der Waals surface area contributed by atoms with Gasteiger partial charge in [0, 0.05) is 27.7 Å². The van der Waals surface area contributed by atoms with E-state index in [1.165, 1.54) is 0 Å². The highest BCUT2D eigenvalue weighted by Gasteiger charge is 2.32. The normalized spacial score (nSPS) is 15.2. The summed E-state index contributed by atoms with van der Waals surface area (Å²) < 4.78 is 11.0. The molecule has 218 valence electrons. The molecule has 0 fully saturated rings. The molecule has 37 heavy (non-hydrogen) atoms. The van der Waals surface area contributed by atoms with Crippen molar-refractivity contribution in [3.8, 4) is 0 Å². The van der Waals surface area contributed by atoms with Crippen LogP contribution in [-0.2, 0) is 19.1 Å². The summed E-state index contributed by atoms with van der Waals surface area (Å²) in [5, 5.41) is 2.88. The number of likely N-dealkylation sites (N-methyl/N-ethyl adjacent to an activating group) is 2. The topological polar surface area (TPSA) is 91.4 Å². The maximum Gasteiger partial charge on any atom is 0.410 e. The van der Waals surface area contributed by atoms with E-state index in [4.69, 9.17) is 9.47 Å². The van der Waals surface area contributed by atoms with Crippen molar-refractivity contribution in [2.45, 2.75) is 105 Å². The van der Waals surface area contributed by atoms with Crippen molar-refractivity contribution in [3.63, 3.8) is 0 Å². The van der Waals surface area contributed by atoms with Crippen LogP contribution in [0, 0.1) is 11.8 Å². The number of ether oxygens (including phenoxy) is 2. The van der Waals surface area contributed by atoms with Gasteiger partial charge >= 0.3 is 6.09 Å². The minimum atomic E-state index is -0.518. The summed E-state index contributed by atoms with van der Waals surface area (Å²) in [5.74, 6) is 0.0834. The van der Waals surface area contributed by atoms with Crippen LogP contribution < -0.4 is 5.32 Å². The standard InChI is InChI=1S/C28H56N4O5/c1-13-21(5)25(22(14-2)36-12)32(11)23(33)19-29-26(34)24(20(3)4)30(9)17-15-16-18-31(10)27(35)37-28(6,7)8/h20-22,24-25H,13-19H2,1-12H3,(H,29,34). The van der Waals surface area contributed by atoms with E-state index in [1.807, 2.05) is 46.6 Å². The number of hydrogen-bond acceptors (Lipinski definition) is 6. The Morgan fingerprint density at radius 1 is 0.919 bits per heavy atom.